The molecule has 4 nitrogen and oxygen atoms in total. The number of hydrogen-bond donors (Lipinski definition) is 2. The van der Waals surface area contributed by atoms with Crippen LogP contribution in [0.3, 0.4) is 0 Å². The van der Waals surface area contributed by atoms with Crippen molar-refractivity contribution in [3.63, 3.8) is 0 Å². The Kier molecular flexibility index (Phi) is 23.0. The van der Waals surface area contributed by atoms with Gasteiger partial charge in [-0.3, -0.25) is 0 Å². The first kappa shape index (κ1) is 31.9. The van der Waals surface area contributed by atoms with Crippen LogP contribution >= 0.6 is 0 Å². The van der Waals surface area contributed by atoms with Crippen LogP contribution in [0.5, 0.6) is 0 Å². The Bertz CT molecular complexity index is 719. The van der Waals surface area contributed by atoms with Gasteiger partial charge in [0.05, 0.1) is 0 Å². The van der Waals surface area contributed by atoms with Crippen molar-refractivity contribution in [2.24, 2.45) is 0 Å². The van der Waals surface area contributed by atoms with Gasteiger partial charge in [-0.1, -0.05) is 77.9 Å². The smallest absolute Gasteiger partial charge is 0.229 e. The number of para-hydroxylation sites is 2. The van der Waals surface area contributed by atoms with E-state index in [2.05, 4.69) is 20.6 Å². The van der Waals surface area contributed by atoms with Gasteiger partial charge in [0, 0.05) is 55.8 Å². The number of benzene rings is 2. The fraction of sp³-hybridized carbons (Fsp3) is 0.292. The summed E-state index contributed by atoms with van der Waals surface area (Å²) in [4.78, 5) is 8.84. The standard InChI is InChI=1S/C17H16N4.3C2H6.CH3.Y/c1-13-12-18-17(20-15-10-6-3-7-11-15)21-16(13)19-14-8-4-2-5-9-14;3*1-2;;/h2-12H,1H3,(H2,18,19,20,21);3*1-2H3;1H3;/q;;;;-1;. The Morgan fingerprint density at radius 2 is 1.07 bits per heavy atom. The van der Waals surface area contributed by atoms with Gasteiger partial charge in [0.25, 0.3) is 0 Å². The zero-order valence-corrected chi connectivity index (χ0v) is 22.2. The maximum Gasteiger partial charge on any atom is 0.229 e. The average molecular weight is 470 g/mol. The van der Waals surface area contributed by atoms with E-state index in [1.165, 1.54) is 0 Å². The molecule has 3 rings (SSSR count). The van der Waals surface area contributed by atoms with Gasteiger partial charge in [-0.15, -0.1) is 0 Å². The van der Waals surface area contributed by atoms with E-state index in [4.69, 9.17) is 0 Å². The molecule has 0 unspecified atom stereocenters. The molecule has 0 aliphatic carbocycles. The first-order chi connectivity index (χ1) is 13.3. The van der Waals surface area contributed by atoms with Crippen LogP contribution in [0.25, 0.3) is 0 Å². The van der Waals surface area contributed by atoms with Gasteiger partial charge in [0.1, 0.15) is 5.82 Å². The first-order valence-electron chi connectivity index (χ1n) is 9.79. The molecule has 0 aliphatic rings. The molecule has 2 N–H and O–H groups in total. The molecular formula is C24H37N4Y-. The average Bonchev–Trinajstić information content (AvgIpc) is 2.76. The van der Waals surface area contributed by atoms with E-state index in [0.29, 0.717) is 5.95 Å². The molecule has 0 saturated heterocycles. The third-order valence-corrected chi connectivity index (χ3v) is 3.04. The van der Waals surface area contributed by atoms with Gasteiger partial charge in [-0.2, -0.15) is 4.98 Å². The largest absolute Gasteiger partial charge is 0.358 e. The minimum Gasteiger partial charge on any atom is -0.358 e. The molecule has 3 aromatic rings. The molecule has 1 radical (unpaired) electrons. The minimum absolute atomic E-state index is 0. The van der Waals surface area contributed by atoms with Crippen molar-refractivity contribution in [1.82, 2.24) is 9.97 Å². The third-order valence-electron chi connectivity index (χ3n) is 3.04. The van der Waals surface area contributed by atoms with Gasteiger partial charge in [0.15, 0.2) is 0 Å². The topological polar surface area (TPSA) is 49.8 Å². The number of rotatable bonds is 4. The molecule has 29 heavy (non-hydrogen) atoms. The number of hydrogen-bond acceptors (Lipinski definition) is 4. The summed E-state index contributed by atoms with van der Waals surface area (Å²) < 4.78 is 0. The van der Waals surface area contributed by atoms with Crippen LogP contribution in [-0.4, -0.2) is 9.97 Å². The van der Waals surface area contributed by atoms with Gasteiger partial charge >= 0.3 is 0 Å². The molecule has 157 valence electrons. The molecule has 2 aromatic carbocycles. The summed E-state index contributed by atoms with van der Waals surface area (Å²) >= 11 is 0. The summed E-state index contributed by atoms with van der Waals surface area (Å²) in [5.41, 5.74) is 2.97. The predicted octanol–water partition coefficient (Wildman–Crippen LogP) is 7.80. The van der Waals surface area contributed by atoms with Gasteiger partial charge in [-0.25, -0.2) is 4.98 Å². The van der Waals surface area contributed by atoms with Crippen molar-refractivity contribution in [2.45, 2.75) is 48.5 Å². The molecule has 5 heteroatoms. The maximum atomic E-state index is 4.53. The molecule has 0 bridgehead atoms. The van der Waals surface area contributed by atoms with Crippen molar-refractivity contribution >= 4 is 23.1 Å². The van der Waals surface area contributed by atoms with Crippen LogP contribution in [0.4, 0.5) is 23.1 Å². The molecular weight excluding hydrogens is 433 g/mol. The molecule has 0 atom stereocenters. The maximum absolute atomic E-state index is 4.53. The second-order valence-electron chi connectivity index (χ2n) is 4.71. The van der Waals surface area contributed by atoms with Crippen molar-refractivity contribution in [3.05, 3.63) is 79.9 Å². The fourth-order valence-corrected chi connectivity index (χ4v) is 1.94. The van der Waals surface area contributed by atoms with E-state index in [1.807, 2.05) is 115 Å². The second kappa shape index (κ2) is 20.9. The predicted molar refractivity (Wildman–Crippen MR) is 127 cm³/mol. The van der Waals surface area contributed by atoms with Crippen molar-refractivity contribution in [3.8, 4) is 0 Å². The summed E-state index contributed by atoms with van der Waals surface area (Å²) in [5, 5.41) is 6.50. The van der Waals surface area contributed by atoms with E-state index in [9.17, 15) is 0 Å². The number of aryl methyl sites for hydroxylation is 1. The molecule has 0 amide bonds. The minimum atomic E-state index is 0. The van der Waals surface area contributed by atoms with Crippen molar-refractivity contribution in [2.75, 3.05) is 10.6 Å². The zero-order chi connectivity index (χ0) is 20.5. The Labute approximate surface area is 203 Å². The zero-order valence-electron chi connectivity index (χ0n) is 19.3. The molecule has 1 heterocycles. The quantitative estimate of drug-likeness (QED) is 0.382. The third kappa shape index (κ3) is 12.4. The summed E-state index contributed by atoms with van der Waals surface area (Å²) in [7, 11) is 0. The second-order valence-corrected chi connectivity index (χ2v) is 4.71. The van der Waals surface area contributed by atoms with E-state index < -0.39 is 0 Å². The normalized spacial score (nSPS) is 7.97. The number of anilines is 4. The molecule has 0 spiro atoms. The van der Waals surface area contributed by atoms with Crippen LogP contribution in [0.15, 0.2) is 66.9 Å². The Hall–Kier alpha value is -1.78. The number of aromatic nitrogens is 2. The van der Waals surface area contributed by atoms with Gasteiger partial charge in [0.2, 0.25) is 5.95 Å². The summed E-state index contributed by atoms with van der Waals surface area (Å²) in [6, 6.07) is 19.9. The first-order valence-corrected chi connectivity index (χ1v) is 9.79. The fourth-order valence-electron chi connectivity index (χ4n) is 1.94. The molecule has 0 saturated carbocycles. The SMILES string of the molecule is CC.CC.CC.Cc1cnc(Nc2ccccc2)nc1Nc1ccccc1.[CH3-].[Y]. The van der Waals surface area contributed by atoms with Crippen LogP contribution in [0, 0.1) is 14.4 Å². The van der Waals surface area contributed by atoms with Gasteiger partial charge < -0.3 is 18.1 Å². The van der Waals surface area contributed by atoms with Crippen LogP contribution < -0.4 is 10.6 Å². The monoisotopic (exact) mass is 470 g/mol. The van der Waals surface area contributed by atoms with E-state index >= 15 is 0 Å². The number of nitrogens with zero attached hydrogens (tertiary/aromatic N) is 2. The van der Waals surface area contributed by atoms with E-state index in [1.54, 1.807) is 0 Å². The Morgan fingerprint density at radius 3 is 1.52 bits per heavy atom. The molecule has 1 aromatic heterocycles. The summed E-state index contributed by atoms with van der Waals surface area (Å²) in [6.45, 7) is 14.0. The summed E-state index contributed by atoms with van der Waals surface area (Å²) in [5.74, 6) is 1.37. The van der Waals surface area contributed by atoms with E-state index in [0.717, 1.165) is 22.8 Å². The Balaban J connectivity index is -0.000000776. The van der Waals surface area contributed by atoms with Crippen molar-refractivity contribution in [1.29, 1.82) is 0 Å². The Morgan fingerprint density at radius 1 is 0.655 bits per heavy atom. The van der Waals surface area contributed by atoms with Crippen LogP contribution in [-0.2, 0) is 32.7 Å². The van der Waals surface area contributed by atoms with Gasteiger partial charge in [-0.05, 0) is 31.2 Å². The number of nitrogens with one attached hydrogen (secondary N) is 2. The van der Waals surface area contributed by atoms with Crippen molar-refractivity contribution < 1.29 is 32.7 Å². The summed E-state index contributed by atoms with van der Waals surface area (Å²) in [6.07, 6.45) is 1.81. The molecule has 0 aliphatic heterocycles. The van der Waals surface area contributed by atoms with Crippen LogP contribution in [0.2, 0.25) is 0 Å². The molecule has 0 fully saturated rings. The van der Waals surface area contributed by atoms with E-state index in [-0.39, 0.29) is 40.1 Å². The van der Waals surface area contributed by atoms with Crippen LogP contribution in [0.1, 0.15) is 47.1 Å².